The average molecular weight is 373 g/mol. The molecule has 26 heavy (non-hydrogen) atoms. The molecule has 1 aliphatic rings. The fourth-order valence-electron chi connectivity index (χ4n) is 3.07. The van der Waals surface area contributed by atoms with Gasteiger partial charge in [-0.2, -0.15) is 0 Å². The zero-order valence-electron chi connectivity index (χ0n) is 14.8. The van der Waals surface area contributed by atoms with Gasteiger partial charge >= 0.3 is 0 Å². The normalized spacial score (nSPS) is 19.2. The number of hydrogen-bond donors (Lipinski definition) is 1. The highest BCUT2D eigenvalue weighted by Gasteiger charge is 2.36. The first kappa shape index (κ1) is 18.4. The number of hydrogen-bond acceptors (Lipinski definition) is 5. The predicted molar refractivity (Wildman–Crippen MR) is 102 cm³/mol. The Morgan fingerprint density at radius 1 is 1.46 bits per heavy atom. The molecule has 2 N–H and O–H groups in total. The maximum atomic E-state index is 12.4. The molecule has 0 bridgehead atoms. The van der Waals surface area contributed by atoms with Gasteiger partial charge in [-0.15, -0.1) is 0 Å². The van der Waals surface area contributed by atoms with E-state index in [0.29, 0.717) is 23.9 Å². The molecule has 1 aliphatic heterocycles. The third kappa shape index (κ3) is 3.86. The minimum absolute atomic E-state index is 0.140. The Labute approximate surface area is 157 Å². The number of anilines is 1. The summed E-state index contributed by atoms with van der Waals surface area (Å²) < 4.78 is 5.94. The van der Waals surface area contributed by atoms with Gasteiger partial charge in [-0.3, -0.25) is 4.79 Å². The van der Waals surface area contributed by atoms with Gasteiger partial charge in [0.2, 0.25) is 11.9 Å². The number of nitrogens with zero attached hydrogens (tertiary/aromatic N) is 3. The maximum absolute atomic E-state index is 12.4. The fraction of sp³-hybridized carbons (Fsp3) is 0.316. The van der Waals surface area contributed by atoms with Crippen LogP contribution in [0, 0.1) is 0 Å². The summed E-state index contributed by atoms with van der Waals surface area (Å²) in [7, 11) is 0. The molecule has 1 aromatic heterocycles. The van der Waals surface area contributed by atoms with Crippen molar-refractivity contribution in [2.45, 2.75) is 25.5 Å². The number of nitrogens with two attached hydrogens (primary N) is 1. The molecule has 3 rings (SSSR count). The largest absolute Gasteiger partial charge is 0.371 e. The van der Waals surface area contributed by atoms with Crippen LogP contribution in [-0.2, 0) is 9.53 Å². The van der Waals surface area contributed by atoms with Gasteiger partial charge in [0.15, 0.2) is 0 Å². The summed E-state index contributed by atoms with van der Waals surface area (Å²) in [6.07, 6.45) is 2.92. The summed E-state index contributed by atoms with van der Waals surface area (Å²) in [5, 5.41) is 0.547. The molecule has 0 unspecified atom stereocenters. The molecule has 2 heterocycles. The lowest BCUT2D eigenvalue weighted by atomic mass is 9.97. The predicted octanol–water partition coefficient (Wildman–Crippen LogP) is 3.24. The number of ether oxygens (including phenoxy) is 1. The second-order valence-electron chi connectivity index (χ2n) is 6.83. The summed E-state index contributed by atoms with van der Waals surface area (Å²) in [5.74, 6) is 0.0504. The molecule has 0 saturated carbocycles. The van der Waals surface area contributed by atoms with Crippen molar-refractivity contribution in [3.05, 3.63) is 53.7 Å². The zero-order chi connectivity index (χ0) is 18.9. The molecular weight excluding hydrogens is 352 g/mol. The fourth-order valence-corrected chi connectivity index (χ4v) is 3.32. The summed E-state index contributed by atoms with van der Waals surface area (Å²) in [4.78, 5) is 22.3. The third-order valence-electron chi connectivity index (χ3n) is 4.29. The Hall–Kier alpha value is -2.44. The first-order chi connectivity index (χ1) is 12.3. The second kappa shape index (κ2) is 7.05. The number of nitrogen functional groups attached to an aromatic ring is 1. The number of morpholine rings is 1. The van der Waals surface area contributed by atoms with Crippen LogP contribution in [0.3, 0.4) is 0 Å². The molecule has 2 aromatic rings. The SMILES string of the molecule is C=CC(=O)N1CC(C)(C)OC[C@H]1c1cc(Cl)cc(-c2ccnc(N)n2)c1. The van der Waals surface area contributed by atoms with Crippen molar-refractivity contribution in [1.82, 2.24) is 14.9 Å². The van der Waals surface area contributed by atoms with Crippen LogP contribution in [0.5, 0.6) is 0 Å². The standard InChI is InChI=1S/C19H21ClN4O2/c1-4-17(25)24-11-19(2,3)26-10-16(24)13-7-12(8-14(20)9-13)15-5-6-22-18(21)23-15/h4-9,16H,1,10-11H2,2-3H3,(H2,21,22,23)/t16-/m0/s1. The van der Waals surface area contributed by atoms with Gasteiger partial charge in [-0.1, -0.05) is 18.2 Å². The Balaban J connectivity index is 2.02. The Morgan fingerprint density at radius 2 is 2.23 bits per heavy atom. The van der Waals surface area contributed by atoms with E-state index in [4.69, 9.17) is 22.1 Å². The maximum Gasteiger partial charge on any atom is 0.246 e. The van der Waals surface area contributed by atoms with Gasteiger partial charge in [-0.05, 0) is 49.8 Å². The molecule has 1 amide bonds. The van der Waals surface area contributed by atoms with Crippen LogP contribution in [0.4, 0.5) is 5.95 Å². The summed E-state index contributed by atoms with van der Waals surface area (Å²) >= 11 is 6.34. The number of amides is 1. The van der Waals surface area contributed by atoms with Gasteiger partial charge in [-0.25, -0.2) is 9.97 Å². The van der Waals surface area contributed by atoms with Crippen molar-refractivity contribution in [3.63, 3.8) is 0 Å². The van der Waals surface area contributed by atoms with Gasteiger partial charge in [0.25, 0.3) is 0 Å². The molecule has 0 aliphatic carbocycles. The number of benzene rings is 1. The van der Waals surface area contributed by atoms with E-state index in [1.54, 1.807) is 23.2 Å². The van der Waals surface area contributed by atoms with E-state index in [9.17, 15) is 4.79 Å². The average Bonchev–Trinajstić information content (AvgIpc) is 2.59. The van der Waals surface area contributed by atoms with E-state index < -0.39 is 5.60 Å². The molecule has 1 fully saturated rings. The molecule has 7 heteroatoms. The van der Waals surface area contributed by atoms with Gasteiger partial charge < -0.3 is 15.4 Å². The van der Waals surface area contributed by atoms with Crippen molar-refractivity contribution in [2.24, 2.45) is 0 Å². The van der Waals surface area contributed by atoms with Gasteiger partial charge in [0.1, 0.15) is 0 Å². The van der Waals surface area contributed by atoms with Crippen molar-refractivity contribution < 1.29 is 9.53 Å². The minimum atomic E-state index is -0.419. The number of aromatic nitrogens is 2. The van der Waals surface area contributed by atoms with Crippen LogP contribution in [0.2, 0.25) is 5.02 Å². The minimum Gasteiger partial charge on any atom is -0.371 e. The Bertz CT molecular complexity index is 853. The van der Waals surface area contributed by atoms with E-state index >= 15 is 0 Å². The van der Waals surface area contributed by atoms with Crippen LogP contribution in [0.15, 0.2) is 43.1 Å². The molecule has 0 spiro atoms. The Kier molecular flexibility index (Phi) is 4.98. The lowest BCUT2D eigenvalue weighted by Gasteiger charge is -2.43. The van der Waals surface area contributed by atoms with Crippen LogP contribution in [0.25, 0.3) is 11.3 Å². The lowest BCUT2D eigenvalue weighted by molar-refractivity contribution is -0.151. The molecular formula is C19H21ClN4O2. The number of carbonyl (C=O) groups is 1. The number of carbonyl (C=O) groups excluding carboxylic acids is 1. The van der Waals surface area contributed by atoms with Gasteiger partial charge in [0.05, 0.1) is 30.5 Å². The lowest BCUT2D eigenvalue weighted by Crippen LogP contribution is -2.51. The van der Waals surface area contributed by atoms with E-state index in [0.717, 1.165) is 11.1 Å². The van der Waals surface area contributed by atoms with Crippen LogP contribution in [-0.4, -0.2) is 39.5 Å². The molecule has 136 valence electrons. The van der Waals surface area contributed by atoms with E-state index in [1.165, 1.54) is 6.08 Å². The highest BCUT2D eigenvalue weighted by Crippen LogP contribution is 2.34. The van der Waals surface area contributed by atoms with Crippen molar-refractivity contribution in [1.29, 1.82) is 0 Å². The molecule has 0 radical (unpaired) electrons. The highest BCUT2D eigenvalue weighted by atomic mass is 35.5. The molecule has 1 aromatic carbocycles. The highest BCUT2D eigenvalue weighted by molar-refractivity contribution is 6.31. The van der Waals surface area contributed by atoms with Crippen molar-refractivity contribution in [3.8, 4) is 11.3 Å². The summed E-state index contributed by atoms with van der Waals surface area (Å²) in [5.41, 5.74) is 7.61. The van der Waals surface area contributed by atoms with Crippen molar-refractivity contribution in [2.75, 3.05) is 18.9 Å². The van der Waals surface area contributed by atoms with Gasteiger partial charge in [0, 0.05) is 16.8 Å². The first-order valence-electron chi connectivity index (χ1n) is 8.25. The quantitative estimate of drug-likeness (QED) is 0.836. The van der Waals surface area contributed by atoms with E-state index in [2.05, 4.69) is 16.5 Å². The molecule has 6 nitrogen and oxygen atoms in total. The molecule has 1 saturated heterocycles. The Morgan fingerprint density at radius 3 is 2.92 bits per heavy atom. The summed E-state index contributed by atoms with van der Waals surface area (Å²) in [6.45, 7) is 8.37. The zero-order valence-corrected chi connectivity index (χ0v) is 15.5. The third-order valence-corrected chi connectivity index (χ3v) is 4.51. The summed E-state index contributed by atoms with van der Waals surface area (Å²) in [6, 6.07) is 7.10. The smallest absolute Gasteiger partial charge is 0.246 e. The van der Waals surface area contributed by atoms with Crippen LogP contribution < -0.4 is 5.73 Å². The molecule has 1 atom stereocenters. The van der Waals surface area contributed by atoms with E-state index in [-0.39, 0.29) is 17.9 Å². The topological polar surface area (TPSA) is 81.3 Å². The number of halogens is 1. The van der Waals surface area contributed by atoms with Crippen LogP contribution >= 0.6 is 11.6 Å². The van der Waals surface area contributed by atoms with Crippen molar-refractivity contribution >= 4 is 23.5 Å². The second-order valence-corrected chi connectivity index (χ2v) is 7.27. The van der Waals surface area contributed by atoms with Crippen LogP contribution in [0.1, 0.15) is 25.5 Å². The number of rotatable bonds is 3. The van der Waals surface area contributed by atoms with E-state index in [1.807, 2.05) is 26.0 Å². The monoisotopic (exact) mass is 372 g/mol. The first-order valence-corrected chi connectivity index (χ1v) is 8.63.